The molecule has 0 aliphatic heterocycles. The lowest BCUT2D eigenvalue weighted by molar-refractivity contribution is -0.117. The number of alkyl halides is 2. The molecular weight excluding hydrogens is 342 g/mol. The number of anilines is 1. The number of hydrogen-bond donors (Lipinski definition) is 1. The smallest absolute Gasteiger partial charge is 0.350 e. The summed E-state index contributed by atoms with van der Waals surface area (Å²) in [4.78, 5) is 29.3. The van der Waals surface area contributed by atoms with Crippen LogP contribution in [0, 0.1) is 0 Å². The molecule has 2 aromatic heterocycles. The Hall–Kier alpha value is -2.33. The Morgan fingerprint density at radius 1 is 1.50 bits per heavy atom. The van der Waals surface area contributed by atoms with Crippen LogP contribution in [0.2, 0.25) is 0 Å². The summed E-state index contributed by atoms with van der Waals surface area (Å²) in [5.74, 6) is -0.755. The van der Waals surface area contributed by atoms with E-state index in [0.29, 0.717) is 10.6 Å². The second-order valence-electron chi connectivity index (χ2n) is 4.90. The number of rotatable bonds is 7. The molecule has 0 spiro atoms. The van der Waals surface area contributed by atoms with Crippen LogP contribution in [0.5, 0.6) is 0 Å². The fourth-order valence-corrected chi connectivity index (χ4v) is 2.80. The minimum Gasteiger partial charge on any atom is -0.465 e. The molecule has 0 radical (unpaired) electrons. The molecule has 7 nitrogen and oxygen atoms in total. The number of ether oxygens (including phenoxy) is 1. The van der Waals surface area contributed by atoms with Gasteiger partial charge in [-0.05, 0) is 18.5 Å². The SMILES string of the molecule is COC(=O)c1sccc1NC(=O)CN(C)Cc1nccn1C(F)F. The van der Waals surface area contributed by atoms with E-state index < -0.39 is 12.5 Å². The van der Waals surface area contributed by atoms with E-state index in [-0.39, 0.29) is 24.8 Å². The van der Waals surface area contributed by atoms with Gasteiger partial charge >= 0.3 is 12.5 Å². The van der Waals surface area contributed by atoms with Crippen LogP contribution in [0.3, 0.4) is 0 Å². The van der Waals surface area contributed by atoms with Gasteiger partial charge in [0, 0.05) is 12.4 Å². The summed E-state index contributed by atoms with van der Waals surface area (Å²) in [6.45, 7) is -2.65. The van der Waals surface area contributed by atoms with E-state index >= 15 is 0 Å². The summed E-state index contributed by atoms with van der Waals surface area (Å²) < 4.78 is 30.9. The lowest BCUT2D eigenvalue weighted by Gasteiger charge is -2.16. The molecule has 2 aromatic rings. The van der Waals surface area contributed by atoms with Gasteiger partial charge in [-0.3, -0.25) is 14.3 Å². The molecule has 2 rings (SSSR count). The van der Waals surface area contributed by atoms with Crippen molar-refractivity contribution in [2.45, 2.75) is 13.1 Å². The molecule has 0 aliphatic rings. The molecule has 0 atom stereocenters. The van der Waals surface area contributed by atoms with Gasteiger partial charge in [-0.1, -0.05) is 0 Å². The van der Waals surface area contributed by atoms with E-state index in [1.807, 2.05) is 0 Å². The monoisotopic (exact) mass is 358 g/mol. The zero-order valence-corrected chi connectivity index (χ0v) is 13.8. The number of amides is 1. The molecule has 0 saturated heterocycles. The molecule has 0 aromatic carbocycles. The van der Waals surface area contributed by atoms with E-state index in [0.717, 1.165) is 15.9 Å². The van der Waals surface area contributed by atoms with Crippen LogP contribution < -0.4 is 5.32 Å². The first kappa shape index (κ1) is 18.0. The summed E-state index contributed by atoms with van der Waals surface area (Å²) in [7, 11) is 2.87. The Kier molecular flexibility index (Phi) is 5.99. The number of nitrogens with one attached hydrogen (secondary N) is 1. The molecular formula is C14H16F2N4O3S. The zero-order valence-electron chi connectivity index (χ0n) is 13.0. The number of carbonyl (C=O) groups excluding carboxylic acids is 2. The van der Waals surface area contributed by atoms with E-state index in [1.165, 1.54) is 19.5 Å². The van der Waals surface area contributed by atoms with Crippen LogP contribution in [-0.4, -0.2) is 47.0 Å². The minimum absolute atomic E-state index is 0.0491. The first-order valence-corrected chi connectivity index (χ1v) is 7.74. The Bertz CT molecular complexity index is 716. The maximum absolute atomic E-state index is 12.8. The van der Waals surface area contributed by atoms with Crippen molar-refractivity contribution in [1.29, 1.82) is 0 Å². The predicted octanol–water partition coefficient (Wildman–Crippen LogP) is 2.20. The molecule has 1 N–H and O–H groups in total. The predicted molar refractivity (Wildman–Crippen MR) is 84.1 cm³/mol. The maximum Gasteiger partial charge on any atom is 0.350 e. The average Bonchev–Trinajstić information content (AvgIpc) is 3.15. The van der Waals surface area contributed by atoms with Gasteiger partial charge in [0.1, 0.15) is 10.7 Å². The van der Waals surface area contributed by atoms with Crippen molar-refractivity contribution in [2.75, 3.05) is 26.0 Å². The first-order valence-electron chi connectivity index (χ1n) is 6.86. The number of imidazole rings is 1. The van der Waals surface area contributed by atoms with Crippen molar-refractivity contribution in [3.8, 4) is 0 Å². The maximum atomic E-state index is 12.8. The van der Waals surface area contributed by atoms with Crippen LogP contribution >= 0.6 is 11.3 Å². The van der Waals surface area contributed by atoms with Gasteiger partial charge in [-0.2, -0.15) is 8.78 Å². The fourth-order valence-electron chi connectivity index (χ4n) is 2.03. The Balaban J connectivity index is 1.94. The Labute approximate surface area is 140 Å². The van der Waals surface area contributed by atoms with Gasteiger partial charge in [-0.15, -0.1) is 11.3 Å². The molecule has 130 valence electrons. The topological polar surface area (TPSA) is 76.5 Å². The highest BCUT2D eigenvalue weighted by Crippen LogP contribution is 2.23. The number of carbonyl (C=O) groups is 2. The molecule has 2 heterocycles. The average molecular weight is 358 g/mol. The number of methoxy groups -OCH3 is 1. The van der Waals surface area contributed by atoms with Gasteiger partial charge in [0.05, 0.1) is 25.9 Å². The second-order valence-corrected chi connectivity index (χ2v) is 5.82. The van der Waals surface area contributed by atoms with Crippen molar-refractivity contribution in [2.24, 2.45) is 0 Å². The van der Waals surface area contributed by atoms with Crippen molar-refractivity contribution in [3.63, 3.8) is 0 Å². The summed E-state index contributed by atoms with van der Waals surface area (Å²) in [5.41, 5.74) is 0.360. The minimum atomic E-state index is -2.68. The standard InChI is InChI=1S/C14H16F2N4O3S/c1-19(7-10-17-4-5-20(10)14(15)16)8-11(21)18-9-3-6-24-12(9)13(22)23-2/h3-6,14H,7-8H2,1-2H3,(H,18,21). The Morgan fingerprint density at radius 2 is 2.25 bits per heavy atom. The van der Waals surface area contributed by atoms with Crippen LogP contribution in [0.4, 0.5) is 14.5 Å². The quantitative estimate of drug-likeness (QED) is 0.768. The third-order valence-corrected chi connectivity index (χ3v) is 3.99. The van der Waals surface area contributed by atoms with Gasteiger partial charge < -0.3 is 10.1 Å². The molecule has 0 fully saturated rings. The summed E-state index contributed by atoms with van der Waals surface area (Å²) in [6.07, 6.45) is 2.46. The highest BCUT2D eigenvalue weighted by molar-refractivity contribution is 7.12. The molecule has 1 amide bonds. The number of esters is 1. The van der Waals surface area contributed by atoms with Gasteiger partial charge in [0.15, 0.2) is 0 Å². The normalized spacial score (nSPS) is 11.1. The number of halogens is 2. The molecule has 0 aliphatic carbocycles. The fraction of sp³-hybridized carbons (Fsp3) is 0.357. The van der Waals surface area contributed by atoms with Gasteiger partial charge in [0.25, 0.3) is 0 Å². The van der Waals surface area contributed by atoms with Crippen molar-refractivity contribution in [3.05, 3.63) is 34.5 Å². The molecule has 10 heteroatoms. The van der Waals surface area contributed by atoms with Crippen LogP contribution in [0.25, 0.3) is 0 Å². The number of nitrogens with zero attached hydrogens (tertiary/aromatic N) is 3. The van der Waals surface area contributed by atoms with Crippen LogP contribution in [-0.2, 0) is 16.1 Å². The van der Waals surface area contributed by atoms with Crippen LogP contribution in [0.1, 0.15) is 22.0 Å². The van der Waals surface area contributed by atoms with Crippen molar-refractivity contribution < 1.29 is 23.1 Å². The largest absolute Gasteiger partial charge is 0.465 e. The summed E-state index contributed by atoms with van der Waals surface area (Å²) in [5, 5.41) is 4.27. The molecule has 0 bridgehead atoms. The summed E-state index contributed by atoms with van der Waals surface area (Å²) >= 11 is 1.15. The third kappa shape index (κ3) is 4.36. The number of thiophene rings is 1. The number of likely N-dealkylation sites (N-methyl/N-ethyl adjacent to an activating group) is 1. The van der Waals surface area contributed by atoms with E-state index in [9.17, 15) is 18.4 Å². The second kappa shape index (κ2) is 7.97. The number of aromatic nitrogens is 2. The zero-order chi connectivity index (χ0) is 17.7. The lowest BCUT2D eigenvalue weighted by Crippen LogP contribution is -2.31. The molecule has 24 heavy (non-hydrogen) atoms. The van der Waals surface area contributed by atoms with Crippen LogP contribution in [0.15, 0.2) is 23.8 Å². The van der Waals surface area contributed by atoms with Crippen molar-refractivity contribution >= 4 is 28.9 Å². The molecule has 0 saturated carbocycles. The first-order chi connectivity index (χ1) is 11.4. The summed E-state index contributed by atoms with van der Waals surface area (Å²) in [6, 6.07) is 1.60. The van der Waals surface area contributed by atoms with Gasteiger partial charge in [-0.25, -0.2) is 9.78 Å². The highest BCUT2D eigenvalue weighted by atomic mass is 32.1. The molecule has 0 unspecified atom stereocenters. The highest BCUT2D eigenvalue weighted by Gasteiger charge is 2.18. The van der Waals surface area contributed by atoms with E-state index in [1.54, 1.807) is 23.4 Å². The third-order valence-electron chi connectivity index (χ3n) is 3.09. The van der Waals surface area contributed by atoms with E-state index in [4.69, 9.17) is 0 Å². The Morgan fingerprint density at radius 3 is 2.92 bits per heavy atom. The number of hydrogen-bond acceptors (Lipinski definition) is 6. The van der Waals surface area contributed by atoms with Crippen molar-refractivity contribution in [1.82, 2.24) is 14.5 Å². The van der Waals surface area contributed by atoms with Gasteiger partial charge in [0.2, 0.25) is 5.91 Å². The lowest BCUT2D eigenvalue weighted by atomic mass is 10.3. The van der Waals surface area contributed by atoms with E-state index in [2.05, 4.69) is 15.0 Å².